The summed E-state index contributed by atoms with van der Waals surface area (Å²) in [4.78, 5) is 47.9. The highest BCUT2D eigenvalue weighted by molar-refractivity contribution is 5.89. The Morgan fingerprint density at radius 3 is 1.43 bits per heavy atom. The zero-order chi connectivity index (χ0) is 33.9. The van der Waals surface area contributed by atoms with Gasteiger partial charge in [0.1, 0.15) is 17.1 Å². The van der Waals surface area contributed by atoms with Gasteiger partial charge in [0, 0.05) is 29.4 Å². The summed E-state index contributed by atoms with van der Waals surface area (Å²) in [5.41, 5.74) is 3.97. The van der Waals surface area contributed by atoms with Gasteiger partial charge in [-0.2, -0.15) is 0 Å². The molecule has 0 saturated carbocycles. The molecule has 8 heteroatoms. The van der Waals surface area contributed by atoms with Gasteiger partial charge < -0.3 is 18.9 Å². The van der Waals surface area contributed by atoms with Crippen LogP contribution >= 0.6 is 0 Å². The summed E-state index contributed by atoms with van der Waals surface area (Å²) in [5, 5.41) is 0. The predicted molar refractivity (Wildman–Crippen MR) is 178 cm³/mol. The van der Waals surface area contributed by atoms with Crippen molar-refractivity contribution in [2.75, 3.05) is 0 Å². The van der Waals surface area contributed by atoms with Gasteiger partial charge in [-0.25, -0.2) is 19.2 Å². The Morgan fingerprint density at radius 1 is 0.553 bits per heavy atom. The maximum atomic E-state index is 12.3. The summed E-state index contributed by atoms with van der Waals surface area (Å²) >= 11 is 0. The van der Waals surface area contributed by atoms with E-state index in [1.807, 2.05) is 36.4 Å². The molecule has 0 fully saturated rings. The summed E-state index contributed by atoms with van der Waals surface area (Å²) in [6.45, 7) is 15.4. The fourth-order valence-corrected chi connectivity index (χ4v) is 4.00. The lowest BCUT2D eigenvalue weighted by atomic mass is 9.98. The molecule has 0 atom stereocenters. The Morgan fingerprint density at radius 2 is 0.957 bits per heavy atom. The number of hydrogen-bond donors (Lipinski definition) is 0. The minimum absolute atomic E-state index is 0.0347. The van der Waals surface area contributed by atoms with E-state index in [9.17, 15) is 19.2 Å². The summed E-state index contributed by atoms with van der Waals surface area (Å²) < 4.78 is 21.4. The third-order valence-corrected chi connectivity index (χ3v) is 6.36. The molecule has 4 aromatic rings. The van der Waals surface area contributed by atoms with Gasteiger partial charge in [-0.05, 0) is 77.7 Å². The second-order valence-electron chi connectivity index (χ2n) is 9.77. The second-order valence-corrected chi connectivity index (χ2v) is 9.77. The first-order chi connectivity index (χ1) is 22.6. The normalized spacial score (nSPS) is 9.89. The number of benzene rings is 4. The zero-order valence-electron chi connectivity index (χ0n) is 25.4. The van der Waals surface area contributed by atoms with Crippen LogP contribution in [0.15, 0.2) is 135 Å². The van der Waals surface area contributed by atoms with Crippen molar-refractivity contribution in [3.05, 3.63) is 146 Å². The molecule has 0 radical (unpaired) electrons. The molecule has 0 aliphatic rings. The van der Waals surface area contributed by atoms with E-state index in [1.165, 1.54) is 0 Å². The molecule has 4 rings (SSSR count). The SMILES string of the molecule is C=CC(=O)Oc1ccc(-c2ccc(-c3cc(OC(=O)C=C)c(C#Cc4ccc(OC(=O)C(=C)C)cc4)c(OC(=O)C=C)c3)cc2)cc1. The molecule has 0 N–H and O–H groups in total. The van der Waals surface area contributed by atoms with E-state index >= 15 is 0 Å². The smallest absolute Gasteiger partial charge is 0.338 e. The van der Waals surface area contributed by atoms with Gasteiger partial charge in [0.15, 0.2) is 11.5 Å². The molecular formula is C39H28O8. The fraction of sp³-hybridized carbons (Fsp3) is 0.0256. The molecule has 0 saturated heterocycles. The van der Waals surface area contributed by atoms with Crippen LogP contribution < -0.4 is 18.9 Å². The van der Waals surface area contributed by atoms with Crippen molar-refractivity contribution in [3.63, 3.8) is 0 Å². The van der Waals surface area contributed by atoms with Crippen LogP contribution in [0.5, 0.6) is 23.0 Å². The third kappa shape index (κ3) is 8.91. The first kappa shape index (κ1) is 33.2. The molecule has 0 bridgehead atoms. The predicted octanol–water partition coefficient (Wildman–Crippen LogP) is 7.18. The van der Waals surface area contributed by atoms with Crippen LogP contribution in [0.1, 0.15) is 18.1 Å². The molecular weight excluding hydrogens is 596 g/mol. The number of esters is 4. The quantitative estimate of drug-likeness (QED) is 0.0791. The van der Waals surface area contributed by atoms with Gasteiger partial charge in [-0.1, -0.05) is 74.6 Å². The van der Waals surface area contributed by atoms with E-state index in [2.05, 4.69) is 38.2 Å². The van der Waals surface area contributed by atoms with Crippen LogP contribution in [-0.2, 0) is 19.2 Å². The van der Waals surface area contributed by atoms with Crippen molar-refractivity contribution in [1.29, 1.82) is 0 Å². The third-order valence-electron chi connectivity index (χ3n) is 6.36. The van der Waals surface area contributed by atoms with Crippen LogP contribution in [-0.4, -0.2) is 23.9 Å². The zero-order valence-corrected chi connectivity index (χ0v) is 25.4. The van der Waals surface area contributed by atoms with Crippen molar-refractivity contribution in [2.45, 2.75) is 6.92 Å². The first-order valence-corrected chi connectivity index (χ1v) is 14.0. The van der Waals surface area contributed by atoms with E-state index < -0.39 is 23.9 Å². The lowest BCUT2D eigenvalue weighted by molar-refractivity contribution is -0.130. The molecule has 0 amide bonds. The van der Waals surface area contributed by atoms with E-state index in [-0.39, 0.29) is 22.6 Å². The van der Waals surface area contributed by atoms with Crippen molar-refractivity contribution in [2.24, 2.45) is 0 Å². The summed E-state index contributed by atoms with van der Waals surface area (Å²) in [7, 11) is 0. The Balaban J connectivity index is 1.71. The Hall–Kier alpha value is -6.72. The maximum Gasteiger partial charge on any atom is 0.338 e. The molecule has 232 valence electrons. The van der Waals surface area contributed by atoms with E-state index in [0.717, 1.165) is 34.9 Å². The van der Waals surface area contributed by atoms with Gasteiger partial charge in [-0.15, -0.1) is 0 Å². The highest BCUT2D eigenvalue weighted by Gasteiger charge is 2.18. The lowest BCUT2D eigenvalue weighted by Crippen LogP contribution is -2.09. The summed E-state index contributed by atoms with van der Waals surface area (Å²) in [6, 6.07) is 24.1. The van der Waals surface area contributed by atoms with E-state index in [4.69, 9.17) is 18.9 Å². The average molecular weight is 625 g/mol. The maximum absolute atomic E-state index is 12.3. The Kier molecular flexibility index (Phi) is 10.8. The fourth-order valence-electron chi connectivity index (χ4n) is 4.00. The average Bonchev–Trinajstić information content (AvgIpc) is 3.08. The van der Waals surface area contributed by atoms with Crippen LogP contribution in [0.3, 0.4) is 0 Å². The minimum atomic E-state index is -0.743. The van der Waals surface area contributed by atoms with Crippen molar-refractivity contribution in [3.8, 4) is 57.1 Å². The molecule has 0 unspecified atom stereocenters. The Labute approximate surface area is 271 Å². The second kappa shape index (κ2) is 15.3. The molecule has 0 aliphatic heterocycles. The highest BCUT2D eigenvalue weighted by atomic mass is 16.6. The molecule has 0 heterocycles. The highest BCUT2D eigenvalue weighted by Crippen LogP contribution is 2.36. The number of carbonyl (C=O) groups excluding carboxylic acids is 4. The molecule has 0 aromatic heterocycles. The molecule has 0 aliphatic carbocycles. The topological polar surface area (TPSA) is 105 Å². The van der Waals surface area contributed by atoms with E-state index in [0.29, 0.717) is 22.6 Å². The summed E-state index contributed by atoms with van der Waals surface area (Å²) in [5.74, 6) is 4.07. The minimum Gasteiger partial charge on any atom is -0.423 e. The van der Waals surface area contributed by atoms with E-state index in [1.54, 1.807) is 55.5 Å². The van der Waals surface area contributed by atoms with Gasteiger partial charge in [0.05, 0.1) is 0 Å². The van der Waals surface area contributed by atoms with Crippen LogP contribution in [0.4, 0.5) is 0 Å². The lowest BCUT2D eigenvalue weighted by Gasteiger charge is -2.13. The van der Waals surface area contributed by atoms with Crippen LogP contribution in [0.2, 0.25) is 0 Å². The van der Waals surface area contributed by atoms with Gasteiger partial charge in [0.2, 0.25) is 0 Å². The standard InChI is InChI=1S/C39H28O8/c1-6-36(40)44-31-20-16-28(17-21-31)27-12-14-29(15-13-27)30-23-34(46-37(41)7-2)33(35(24-30)47-38(42)8-3)22-11-26-9-18-32(19-10-26)45-39(43)25(4)5/h6-10,12-21,23-24H,1-4H2,5H3. The molecule has 4 aromatic carbocycles. The first-order valence-electron chi connectivity index (χ1n) is 14.0. The number of carbonyl (C=O) groups is 4. The Bertz CT molecular complexity index is 1910. The van der Waals surface area contributed by atoms with Gasteiger partial charge >= 0.3 is 23.9 Å². The monoisotopic (exact) mass is 624 g/mol. The number of ether oxygens (including phenoxy) is 4. The van der Waals surface area contributed by atoms with Gasteiger partial charge in [-0.3, -0.25) is 0 Å². The van der Waals surface area contributed by atoms with Crippen molar-refractivity contribution in [1.82, 2.24) is 0 Å². The molecule has 8 nitrogen and oxygen atoms in total. The van der Waals surface area contributed by atoms with Crippen LogP contribution in [0, 0.1) is 11.8 Å². The largest absolute Gasteiger partial charge is 0.423 e. The van der Waals surface area contributed by atoms with Crippen molar-refractivity contribution < 1.29 is 38.1 Å². The summed E-state index contributed by atoms with van der Waals surface area (Å²) in [6.07, 6.45) is 3.09. The van der Waals surface area contributed by atoms with Crippen molar-refractivity contribution >= 4 is 23.9 Å². The number of hydrogen-bond acceptors (Lipinski definition) is 8. The molecule has 47 heavy (non-hydrogen) atoms. The molecule has 0 spiro atoms. The van der Waals surface area contributed by atoms with Crippen LogP contribution in [0.25, 0.3) is 22.3 Å². The number of rotatable bonds is 10. The van der Waals surface area contributed by atoms with Gasteiger partial charge in [0.25, 0.3) is 0 Å².